The Morgan fingerprint density at radius 3 is 2.64 bits per heavy atom. The van der Waals surface area contributed by atoms with Crippen molar-refractivity contribution in [3.05, 3.63) is 35.4 Å². The van der Waals surface area contributed by atoms with Crippen LogP contribution in [0.1, 0.15) is 17.0 Å². The van der Waals surface area contributed by atoms with Crippen molar-refractivity contribution in [2.24, 2.45) is 7.05 Å². The van der Waals surface area contributed by atoms with Gasteiger partial charge in [0.1, 0.15) is 21.6 Å². The summed E-state index contributed by atoms with van der Waals surface area (Å²) in [7, 11) is 1.91. The average molecular weight is 349 g/mol. The van der Waals surface area contributed by atoms with Crippen LogP contribution in [0.2, 0.25) is 0 Å². The van der Waals surface area contributed by atoms with Gasteiger partial charge in [-0.3, -0.25) is 4.68 Å². The molecule has 0 fully saturated rings. The number of pyridine rings is 1. The number of aromatic nitrogens is 7. The van der Waals surface area contributed by atoms with Crippen LogP contribution >= 0.6 is 11.3 Å². The van der Waals surface area contributed by atoms with E-state index in [0.717, 1.165) is 43.2 Å². The van der Waals surface area contributed by atoms with Crippen LogP contribution in [-0.4, -0.2) is 34.3 Å². The van der Waals surface area contributed by atoms with Crippen LogP contribution in [0.15, 0.2) is 18.5 Å². The first-order valence-electron chi connectivity index (χ1n) is 7.94. The lowest BCUT2D eigenvalue weighted by molar-refractivity contribution is 0.741. The highest BCUT2D eigenvalue weighted by molar-refractivity contribution is 7.26. The molecule has 8 heteroatoms. The zero-order valence-corrected chi connectivity index (χ0v) is 15.1. The van der Waals surface area contributed by atoms with Crippen LogP contribution < -0.4 is 0 Å². The number of fused-ring (bicyclic) bond motifs is 5. The number of rotatable bonds is 1. The summed E-state index contributed by atoms with van der Waals surface area (Å²) in [6.07, 6.45) is 1.72. The standard InChI is InChI=1S/C17H15N7S/c1-8-5-9(2)19-17-12(8)13-14(25-17)16-20-15(22-24(16)7-18-13)11-6-10(3)23(4)21-11/h5-7H,1-4H3. The molecule has 25 heavy (non-hydrogen) atoms. The van der Waals surface area contributed by atoms with Gasteiger partial charge in [0.25, 0.3) is 0 Å². The highest BCUT2D eigenvalue weighted by Crippen LogP contribution is 2.35. The lowest BCUT2D eigenvalue weighted by Crippen LogP contribution is -1.93. The van der Waals surface area contributed by atoms with Gasteiger partial charge >= 0.3 is 0 Å². The van der Waals surface area contributed by atoms with E-state index in [1.807, 2.05) is 31.6 Å². The molecule has 0 saturated carbocycles. The Kier molecular flexibility index (Phi) is 2.79. The molecule has 0 saturated heterocycles. The molecule has 0 aliphatic heterocycles. The van der Waals surface area contributed by atoms with E-state index in [-0.39, 0.29) is 0 Å². The largest absolute Gasteiger partial charge is 0.272 e. The van der Waals surface area contributed by atoms with Crippen LogP contribution in [0.5, 0.6) is 0 Å². The van der Waals surface area contributed by atoms with Crippen molar-refractivity contribution < 1.29 is 0 Å². The van der Waals surface area contributed by atoms with Crippen molar-refractivity contribution in [3.63, 3.8) is 0 Å². The Morgan fingerprint density at radius 2 is 1.88 bits per heavy atom. The maximum atomic E-state index is 4.73. The minimum absolute atomic E-state index is 0.608. The highest BCUT2D eigenvalue weighted by Gasteiger charge is 2.17. The molecule has 7 nitrogen and oxygen atoms in total. The zero-order chi connectivity index (χ0) is 17.3. The van der Waals surface area contributed by atoms with Crippen LogP contribution in [0, 0.1) is 20.8 Å². The van der Waals surface area contributed by atoms with Crippen LogP contribution in [-0.2, 0) is 7.05 Å². The van der Waals surface area contributed by atoms with E-state index < -0.39 is 0 Å². The molecule has 0 unspecified atom stereocenters. The molecule has 0 N–H and O–H groups in total. The van der Waals surface area contributed by atoms with Gasteiger partial charge in [-0.2, -0.15) is 5.10 Å². The Hall–Kier alpha value is -2.87. The van der Waals surface area contributed by atoms with Gasteiger partial charge in [0.15, 0.2) is 5.65 Å². The molecular formula is C17H15N7S. The molecule has 0 bridgehead atoms. The van der Waals surface area contributed by atoms with Crippen molar-refractivity contribution in [1.82, 2.24) is 34.3 Å². The molecule has 0 aliphatic carbocycles. The summed E-state index contributed by atoms with van der Waals surface area (Å²) in [6, 6.07) is 4.08. The Morgan fingerprint density at radius 1 is 1.04 bits per heavy atom. The maximum absolute atomic E-state index is 4.73. The van der Waals surface area contributed by atoms with Crippen LogP contribution in [0.3, 0.4) is 0 Å². The Bertz CT molecular complexity index is 1270. The van der Waals surface area contributed by atoms with Gasteiger partial charge in [-0.15, -0.1) is 16.4 Å². The first-order chi connectivity index (χ1) is 12.0. The van der Waals surface area contributed by atoms with Gasteiger partial charge in [-0.1, -0.05) is 0 Å². The molecule has 0 spiro atoms. The number of hydrogen-bond acceptors (Lipinski definition) is 6. The predicted molar refractivity (Wildman–Crippen MR) is 97.9 cm³/mol. The second-order valence-electron chi connectivity index (χ2n) is 6.28. The summed E-state index contributed by atoms with van der Waals surface area (Å²) >= 11 is 1.61. The quantitative estimate of drug-likeness (QED) is 0.464. The molecular weight excluding hydrogens is 334 g/mol. The van der Waals surface area contributed by atoms with Crippen molar-refractivity contribution >= 4 is 37.4 Å². The lowest BCUT2D eigenvalue weighted by Gasteiger charge is -1.98. The maximum Gasteiger partial charge on any atom is 0.202 e. The van der Waals surface area contributed by atoms with E-state index >= 15 is 0 Å². The fraction of sp³-hybridized carbons (Fsp3) is 0.235. The summed E-state index contributed by atoms with van der Waals surface area (Å²) in [5.74, 6) is 0.608. The Balaban J connectivity index is 1.84. The molecule has 0 aromatic carbocycles. The van der Waals surface area contributed by atoms with E-state index in [1.54, 1.807) is 22.2 Å². The smallest absolute Gasteiger partial charge is 0.202 e. The van der Waals surface area contributed by atoms with Gasteiger partial charge in [0.2, 0.25) is 5.82 Å². The second kappa shape index (κ2) is 4.82. The van der Waals surface area contributed by atoms with E-state index in [2.05, 4.69) is 33.2 Å². The van der Waals surface area contributed by atoms with Crippen LogP contribution in [0.25, 0.3) is 37.6 Å². The summed E-state index contributed by atoms with van der Waals surface area (Å²) < 4.78 is 4.55. The molecule has 0 amide bonds. The van der Waals surface area contributed by atoms with E-state index in [9.17, 15) is 0 Å². The van der Waals surface area contributed by atoms with Gasteiger partial charge in [-0.25, -0.2) is 19.5 Å². The summed E-state index contributed by atoms with van der Waals surface area (Å²) in [4.78, 5) is 15.0. The molecule has 0 radical (unpaired) electrons. The number of thiophene rings is 1. The third-order valence-corrected chi connectivity index (χ3v) is 5.50. The molecule has 5 heterocycles. The molecule has 0 atom stereocenters. The van der Waals surface area contributed by atoms with Crippen molar-refractivity contribution in [1.29, 1.82) is 0 Å². The second-order valence-corrected chi connectivity index (χ2v) is 7.28. The van der Waals surface area contributed by atoms with Gasteiger partial charge in [0, 0.05) is 23.8 Å². The molecule has 5 aromatic heterocycles. The van der Waals surface area contributed by atoms with Gasteiger partial charge in [-0.05, 0) is 38.5 Å². The Labute approximate surface area is 147 Å². The monoisotopic (exact) mass is 349 g/mol. The van der Waals surface area contributed by atoms with Gasteiger partial charge in [0.05, 0.1) is 5.52 Å². The fourth-order valence-corrected chi connectivity index (χ4v) is 4.37. The summed E-state index contributed by atoms with van der Waals surface area (Å²) in [5.41, 5.74) is 5.76. The summed E-state index contributed by atoms with van der Waals surface area (Å²) in [5, 5.41) is 10.1. The molecule has 5 aromatic rings. The third kappa shape index (κ3) is 2.00. The first kappa shape index (κ1) is 14.5. The van der Waals surface area contributed by atoms with Crippen molar-refractivity contribution in [2.45, 2.75) is 20.8 Å². The fourth-order valence-electron chi connectivity index (χ4n) is 3.15. The van der Waals surface area contributed by atoms with Crippen molar-refractivity contribution in [3.8, 4) is 11.5 Å². The lowest BCUT2D eigenvalue weighted by atomic mass is 10.1. The number of nitrogens with zero attached hydrogens (tertiary/aromatic N) is 7. The third-order valence-electron chi connectivity index (χ3n) is 4.44. The molecule has 0 aliphatic rings. The van der Waals surface area contributed by atoms with Crippen LogP contribution in [0.4, 0.5) is 0 Å². The summed E-state index contributed by atoms with van der Waals surface area (Å²) in [6.45, 7) is 6.12. The van der Waals surface area contributed by atoms with Crippen molar-refractivity contribution in [2.75, 3.05) is 0 Å². The normalized spacial score (nSPS) is 12.0. The number of hydrogen-bond donors (Lipinski definition) is 0. The topological polar surface area (TPSA) is 73.8 Å². The minimum Gasteiger partial charge on any atom is -0.272 e. The zero-order valence-electron chi connectivity index (χ0n) is 14.3. The van der Waals surface area contributed by atoms with E-state index in [4.69, 9.17) is 4.98 Å². The number of aryl methyl sites for hydroxylation is 4. The predicted octanol–water partition coefficient (Wildman–Crippen LogP) is 3.21. The molecule has 124 valence electrons. The first-order valence-corrected chi connectivity index (χ1v) is 8.76. The van der Waals surface area contributed by atoms with E-state index in [1.165, 1.54) is 5.56 Å². The molecule has 5 rings (SSSR count). The average Bonchev–Trinajstić information content (AvgIpc) is 3.21. The van der Waals surface area contributed by atoms with Gasteiger partial charge < -0.3 is 0 Å². The highest BCUT2D eigenvalue weighted by atomic mass is 32.1. The minimum atomic E-state index is 0.608. The van der Waals surface area contributed by atoms with E-state index in [0.29, 0.717) is 5.82 Å². The SMILES string of the molecule is Cc1cc(C)c2c(n1)sc1c2ncn2nc(-c3cc(C)n(C)n3)nc12.